The molecule has 3 atom stereocenters. The lowest BCUT2D eigenvalue weighted by molar-refractivity contribution is 0.0352. The topological polar surface area (TPSA) is 32.5 Å². The summed E-state index contributed by atoms with van der Waals surface area (Å²) in [6, 6.07) is 8.31. The first-order chi connectivity index (χ1) is 9.42. The number of piperazine rings is 1. The van der Waals surface area contributed by atoms with Crippen molar-refractivity contribution in [3.63, 3.8) is 0 Å². The molecule has 3 unspecified atom stereocenters. The summed E-state index contributed by atoms with van der Waals surface area (Å²) < 4.78 is 0. The summed E-state index contributed by atoms with van der Waals surface area (Å²) in [7, 11) is 2.22. The van der Waals surface area contributed by atoms with Crippen LogP contribution in [0.1, 0.15) is 36.6 Å². The second kappa shape index (κ2) is 6.25. The fourth-order valence-corrected chi connectivity index (χ4v) is 3.40. The molecule has 1 aromatic carbocycles. The maximum atomic E-state index is 6.11. The van der Waals surface area contributed by atoms with Crippen molar-refractivity contribution in [1.82, 2.24) is 9.80 Å². The number of likely N-dealkylation sites (N-methyl/N-ethyl adjacent to an activating group) is 1. The lowest BCUT2D eigenvalue weighted by Crippen LogP contribution is -2.56. The minimum Gasteiger partial charge on any atom is -0.329 e. The molecule has 2 rings (SSSR count). The standard InChI is InChI=1S/C17H29N3/c1-12-6-13(2)8-16(7-12)17(9-18)20-10-14(3)19(5)15(4)11-20/h6-8,14-15,17H,9-11,18H2,1-5H3. The van der Waals surface area contributed by atoms with Crippen LogP contribution in [0, 0.1) is 13.8 Å². The van der Waals surface area contributed by atoms with Crippen LogP contribution in [-0.2, 0) is 0 Å². The van der Waals surface area contributed by atoms with Crippen LogP contribution in [-0.4, -0.2) is 48.6 Å². The van der Waals surface area contributed by atoms with Crippen LogP contribution in [0.3, 0.4) is 0 Å². The van der Waals surface area contributed by atoms with E-state index >= 15 is 0 Å². The van der Waals surface area contributed by atoms with Gasteiger partial charge < -0.3 is 5.73 Å². The van der Waals surface area contributed by atoms with Crippen molar-refractivity contribution in [1.29, 1.82) is 0 Å². The first kappa shape index (κ1) is 15.5. The number of hydrogen-bond acceptors (Lipinski definition) is 3. The van der Waals surface area contributed by atoms with E-state index in [2.05, 4.69) is 62.7 Å². The zero-order valence-corrected chi connectivity index (χ0v) is 13.6. The monoisotopic (exact) mass is 275 g/mol. The second-order valence-corrected chi connectivity index (χ2v) is 6.49. The number of aryl methyl sites for hydroxylation is 2. The van der Waals surface area contributed by atoms with Gasteiger partial charge in [-0.3, -0.25) is 9.80 Å². The highest BCUT2D eigenvalue weighted by Gasteiger charge is 2.30. The molecule has 1 heterocycles. The third-order valence-corrected chi connectivity index (χ3v) is 4.68. The van der Waals surface area contributed by atoms with Crippen LogP contribution < -0.4 is 5.73 Å². The van der Waals surface area contributed by atoms with Crippen molar-refractivity contribution in [3.05, 3.63) is 34.9 Å². The third kappa shape index (κ3) is 3.22. The Hall–Kier alpha value is -0.900. The van der Waals surface area contributed by atoms with Gasteiger partial charge in [0.1, 0.15) is 0 Å². The van der Waals surface area contributed by atoms with Gasteiger partial charge in [-0.05, 0) is 40.3 Å². The highest BCUT2D eigenvalue weighted by molar-refractivity contribution is 5.31. The molecule has 0 saturated carbocycles. The van der Waals surface area contributed by atoms with Crippen molar-refractivity contribution < 1.29 is 0 Å². The lowest BCUT2D eigenvalue weighted by atomic mass is 9.97. The van der Waals surface area contributed by atoms with E-state index in [1.165, 1.54) is 16.7 Å². The van der Waals surface area contributed by atoms with Gasteiger partial charge in [0.05, 0.1) is 0 Å². The molecule has 1 saturated heterocycles. The molecule has 0 bridgehead atoms. The van der Waals surface area contributed by atoms with Crippen LogP contribution in [0.25, 0.3) is 0 Å². The number of hydrogen-bond donors (Lipinski definition) is 1. The van der Waals surface area contributed by atoms with Crippen molar-refractivity contribution in [2.75, 3.05) is 26.7 Å². The molecule has 2 N–H and O–H groups in total. The largest absolute Gasteiger partial charge is 0.329 e. The molecule has 112 valence electrons. The number of rotatable bonds is 3. The Morgan fingerprint density at radius 3 is 2.05 bits per heavy atom. The predicted octanol–water partition coefficient (Wildman–Crippen LogP) is 2.33. The molecule has 3 nitrogen and oxygen atoms in total. The van der Waals surface area contributed by atoms with Gasteiger partial charge in [-0.15, -0.1) is 0 Å². The van der Waals surface area contributed by atoms with Gasteiger partial charge in [0.2, 0.25) is 0 Å². The average Bonchev–Trinajstić information content (AvgIpc) is 2.35. The quantitative estimate of drug-likeness (QED) is 0.919. The van der Waals surface area contributed by atoms with Gasteiger partial charge in [0.25, 0.3) is 0 Å². The van der Waals surface area contributed by atoms with Crippen molar-refractivity contribution >= 4 is 0 Å². The normalized spacial score (nSPS) is 26.7. The molecular weight excluding hydrogens is 246 g/mol. The van der Waals surface area contributed by atoms with Gasteiger partial charge in [0, 0.05) is 37.8 Å². The van der Waals surface area contributed by atoms with Crippen LogP contribution in [0.5, 0.6) is 0 Å². The van der Waals surface area contributed by atoms with Gasteiger partial charge in [-0.25, -0.2) is 0 Å². The minimum absolute atomic E-state index is 0.340. The summed E-state index contributed by atoms with van der Waals surface area (Å²) in [6.07, 6.45) is 0. The van der Waals surface area contributed by atoms with E-state index < -0.39 is 0 Å². The molecule has 3 heteroatoms. The third-order valence-electron chi connectivity index (χ3n) is 4.68. The molecule has 0 aliphatic carbocycles. The Bertz CT molecular complexity index is 425. The summed E-state index contributed by atoms with van der Waals surface area (Å²) in [5, 5.41) is 0. The molecule has 1 aliphatic rings. The number of nitrogens with zero attached hydrogens (tertiary/aromatic N) is 2. The fraction of sp³-hybridized carbons (Fsp3) is 0.647. The average molecular weight is 275 g/mol. The van der Waals surface area contributed by atoms with Crippen molar-refractivity contribution in [3.8, 4) is 0 Å². The Labute approximate surface area is 123 Å². The van der Waals surface area contributed by atoms with Crippen LogP contribution in [0.15, 0.2) is 18.2 Å². The molecule has 1 fully saturated rings. The van der Waals surface area contributed by atoms with Crippen LogP contribution >= 0.6 is 0 Å². The van der Waals surface area contributed by atoms with Crippen molar-refractivity contribution in [2.24, 2.45) is 5.73 Å². The summed E-state index contributed by atoms with van der Waals surface area (Å²) >= 11 is 0. The first-order valence-electron chi connectivity index (χ1n) is 7.66. The van der Waals surface area contributed by atoms with Gasteiger partial charge >= 0.3 is 0 Å². The molecule has 1 aromatic rings. The van der Waals surface area contributed by atoms with Crippen LogP contribution in [0.2, 0.25) is 0 Å². The molecule has 0 spiro atoms. The Morgan fingerprint density at radius 2 is 1.60 bits per heavy atom. The smallest absolute Gasteiger partial charge is 0.0471 e. The highest BCUT2D eigenvalue weighted by Crippen LogP contribution is 2.26. The Balaban J connectivity index is 2.23. The highest BCUT2D eigenvalue weighted by atomic mass is 15.3. The van der Waals surface area contributed by atoms with Crippen LogP contribution in [0.4, 0.5) is 0 Å². The first-order valence-corrected chi connectivity index (χ1v) is 7.66. The number of nitrogens with two attached hydrogens (primary N) is 1. The summed E-state index contributed by atoms with van der Waals surface area (Å²) in [4.78, 5) is 5.02. The molecule has 0 radical (unpaired) electrons. The van der Waals surface area contributed by atoms with E-state index in [1.807, 2.05) is 0 Å². The van der Waals surface area contributed by atoms with E-state index in [4.69, 9.17) is 5.73 Å². The maximum Gasteiger partial charge on any atom is 0.0471 e. The van der Waals surface area contributed by atoms with E-state index in [1.54, 1.807) is 0 Å². The van der Waals surface area contributed by atoms with Gasteiger partial charge in [-0.1, -0.05) is 29.3 Å². The van der Waals surface area contributed by atoms with E-state index in [0.29, 0.717) is 24.7 Å². The van der Waals surface area contributed by atoms with E-state index in [-0.39, 0.29) is 0 Å². The summed E-state index contributed by atoms with van der Waals surface area (Å²) in [5.74, 6) is 0. The Morgan fingerprint density at radius 1 is 1.10 bits per heavy atom. The van der Waals surface area contributed by atoms with E-state index in [9.17, 15) is 0 Å². The van der Waals surface area contributed by atoms with Gasteiger partial charge in [-0.2, -0.15) is 0 Å². The van der Waals surface area contributed by atoms with Crippen molar-refractivity contribution in [2.45, 2.75) is 45.8 Å². The summed E-state index contributed by atoms with van der Waals surface area (Å²) in [5.41, 5.74) is 10.1. The lowest BCUT2D eigenvalue weighted by Gasteiger charge is -2.45. The zero-order valence-electron chi connectivity index (χ0n) is 13.6. The molecule has 1 aliphatic heterocycles. The van der Waals surface area contributed by atoms with E-state index in [0.717, 1.165) is 13.1 Å². The molecule has 20 heavy (non-hydrogen) atoms. The molecular formula is C17H29N3. The molecule has 0 amide bonds. The molecule has 0 aromatic heterocycles. The maximum absolute atomic E-state index is 6.11. The fourth-order valence-electron chi connectivity index (χ4n) is 3.40. The second-order valence-electron chi connectivity index (χ2n) is 6.49. The Kier molecular flexibility index (Phi) is 4.84. The SMILES string of the molecule is Cc1cc(C)cc(C(CN)N2CC(C)N(C)C(C)C2)c1. The van der Waals surface area contributed by atoms with Gasteiger partial charge in [0.15, 0.2) is 0 Å². The zero-order chi connectivity index (χ0) is 14.9. The predicted molar refractivity (Wildman–Crippen MR) is 86.0 cm³/mol. The number of benzene rings is 1. The minimum atomic E-state index is 0.340. The summed E-state index contributed by atoms with van der Waals surface area (Å²) in [6.45, 7) is 11.8.